The van der Waals surface area contributed by atoms with Gasteiger partial charge in [-0.2, -0.15) is 5.10 Å². The Morgan fingerprint density at radius 3 is 2.25 bits per heavy atom. The highest BCUT2D eigenvalue weighted by atomic mass is 15.3. The maximum atomic E-state index is 4.37. The van der Waals surface area contributed by atoms with Crippen molar-refractivity contribution in [3.05, 3.63) is 47.8 Å². The Kier molecular flexibility index (Phi) is 4.77. The lowest BCUT2D eigenvalue weighted by Crippen LogP contribution is -1.98. The monoisotopic (exact) mass is 216 g/mol. The fourth-order valence-electron chi connectivity index (χ4n) is 1.62. The highest BCUT2D eigenvalue weighted by molar-refractivity contribution is 5.34. The lowest BCUT2D eigenvalue weighted by atomic mass is 10.2. The normalized spacial score (nSPS) is 9.50. The second-order valence-electron chi connectivity index (χ2n) is 3.36. The first kappa shape index (κ1) is 12.5. The minimum atomic E-state index is 1.04. The van der Waals surface area contributed by atoms with Crippen LogP contribution in [-0.4, -0.2) is 9.78 Å². The largest absolute Gasteiger partial charge is 0.238 e. The number of benzene rings is 1. The van der Waals surface area contributed by atoms with E-state index in [9.17, 15) is 0 Å². The van der Waals surface area contributed by atoms with Crippen LogP contribution in [0.15, 0.2) is 36.5 Å². The Morgan fingerprint density at radius 1 is 1.12 bits per heavy atom. The third-order valence-electron chi connectivity index (χ3n) is 2.49. The summed E-state index contributed by atoms with van der Waals surface area (Å²) in [5.41, 5.74) is 3.68. The van der Waals surface area contributed by atoms with Gasteiger partial charge in [-0.15, -0.1) is 0 Å². The second-order valence-corrected chi connectivity index (χ2v) is 3.36. The van der Waals surface area contributed by atoms with E-state index in [-0.39, 0.29) is 0 Å². The highest BCUT2D eigenvalue weighted by Gasteiger charge is 2.04. The molecule has 0 aliphatic carbocycles. The van der Waals surface area contributed by atoms with Crippen LogP contribution in [0, 0.1) is 6.92 Å². The smallest absolute Gasteiger partial charge is 0.0648 e. The predicted molar refractivity (Wildman–Crippen MR) is 69.0 cm³/mol. The molecule has 1 heterocycles. The van der Waals surface area contributed by atoms with E-state index < -0.39 is 0 Å². The van der Waals surface area contributed by atoms with E-state index in [1.54, 1.807) is 0 Å². The van der Waals surface area contributed by atoms with Gasteiger partial charge in [-0.1, -0.05) is 39.0 Å². The molecule has 2 heteroatoms. The number of nitrogens with zero attached hydrogens (tertiary/aromatic N) is 2. The number of para-hydroxylation sites is 1. The van der Waals surface area contributed by atoms with E-state index in [0.29, 0.717) is 0 Å². The predicted octanol–water partition coefficient (Wildman–Crippen LogP) is 3.77. The van der Waals surface area contributed by atoms with Crippen LogP contribution >= 0.6 is 0 Å². The topological polar surface area (TPSA) is 17.8 Å². The fraction of sp³-hybridized carbons (Fsp3) is 0.357. The summed E-state index contributed by atoms with van der Waals surface area (Å²) in [5.74, 6) is 0. The summed E-state index contributed by atoms with van der Waals surface area (Å²) in [5, 5.41) is 4.37. The molecule has 0 amide bonds. The standard InChI is InChI=1S/C12H14N2.C2H6/c1-3-11-9-13-14(10(11)2)12-7-5-4-6-8-12;1-2/h4-9H,3H2,1-2H3;1-2H3. The third kappa shape index (κ3) is 2.51. The zero-order valence-electron chi connectivity index (χ0n) is 10.6. The molecule has 0 radical (unpaired) electrons. The summed E-state index contributed by atoms with van der Waals surface area (Å²) in [7, 11) is 0. The van der Waals surface area contributed by atoms with Crippen LogP contribution in [0.25, 0.3) is 5.69 Å². The van der Waals surface area contributed by atoms with Gasteiger partial charge in [0.2, 0.25) is 0 Å². The van der Waals surface area contributed by atoms with Gasteiger partial charge in [-0.3, -0.25) is 0 Å². The van der Waals surface area contributed by atoms with Crippen molar-refractivity contribution >= 4 is 0 Å². The molecule has 0 N–H and O–H groups in total. The number of hydrogen-bond acceptors (Lipinski definition) is 1. The number of aromatic nitrogens is 2. The van der Waals surface area contributed by atoms with Crippen molar-refractivity contribution in [3.63, 3.8) is 0 Å². The molecule has 1 aromatic heterocycles. The molecule has 0 atom stereocenters. The summed E-state index contributed by atoms with van der Waals surface area (Å²) in [6.45, 7) is 8.26. The van der Waals surface area contributed by atoms with E-state index in [1.165, 1.54) is 11.3 Å². The Morgan fingerprint density at radius 2 is 1.75 bits per heavy atom. The van der Waals surface area contributed by atoms with Gasteiger partial charge >= 0.3 is 0 Å². The number of aryl methyl sites for hydroxylation is 1. The molecule has 0 aliphatic rings. The van der Waals surface area contributed by atoms with Crippen LogP contribution in [-0.2, 0) is 6.42 Å². The van der Waals surface area contributed by atoms with E-state index in [4.69, 9.17) is 0 Å². The van der Waals surface area contributed by atoms with Gasteiger partial charge in [0, 0.05) is 5.69 Å². The van der Waals surface area contributed by atoms with E-state index in [2.05, 4.69) is 31.1 Å². The van der Waals surface area contributed by atoms with E-state index in [1.807, 2.05) is 42.9 Å². The van der Waals surface area contributed by atoms with E-state index in [0.717, 1.165) is 12.1 Å². The second kappa shape index (κ2) is 6.11. The zero-order valence-corrected chi connectivity index (χ0v) is 10.6. The van der Waals surface area contributed by atoms with Crippen LogP contribution in [0.1, 0.15) is 32.0 Å². The summed E-state index contributed by atoms with van der Waals surface area (Å²) < 4.78 is 1.98. The maximum absolute atomic E-state index is 4.37. The first-order chi connectivity index (χ1) is 7.83. The lowest BCUT2D eigenvalue weighted by Gasteiger charge is -2.03. The van der Waals surface area contributed by atoms with Crippen LogP contribution < -0.4 is 0 Å². The minimum absolute atomic E-state index is 1.04. The Labute approximate surface area is 97.9 Å². The van der Waals surface area contributed by atoms with Crippen LogP contribution in [0.5, 0.6) is 0 Å². The first-order valence-corrected chi connectivity index (χ1v) is 5.92. The van der Waals surface area contributed by atoms with Crippen LogP contribution in [0.2, 0.25) is 0 Å². The van der Waals surface area contributed by atoms with Crippen molar-refractivity contribution in [2.45, 2.75) is 34.1 Å². The van der Waals surface area contributed by atoms with Gasteiger partial charge in [0.05, 0.1) is 11.9 Å². The highest BCUT2D eigenvalue weighted by Crippen LogP contribution is 2.13. The molecule has 0 fully saturated rings. The van der Waals surface area contributed by atoms with Gasteiger partial charge in [-0.25, -0.2) is 4.68 Å². The molecule has 0 spiro atoms. The third-order valence-corrected chi connectivity index (χ3v) is 2.49. The molecule has 0 saturated heterocycles. The van der Waals surface area contributed by atoms with Crippen molar-refractivity contribution in [2.24, 2.45) is 0 Å². The summed E-state index contributed by atoms with van der Waals surface area (Å²) in [6, 6.07) is 10.2. The molecule has 0 aliphatic heterocycles. The van der Waals surface area contributed by atoms with Crippen molar-refractivity contribution in [2.75, 3.05) is 0 Å². The molecule has 16 heavy (non-hydrogen) atoms. The average molecular weight is 216 g/mol. The van der Waals surface area contributed by atoms with Gasteiger partial charge in [0.1, 0.15) is 0 Å². The Balaban J connectivity index is 0.000000606. The average Bonchev–Trinajstić information content (AvgIpc) is 2.74. The van der Waals surface area contributed by atoms with Crippen LogP contribution in [0.4, 0.5) is 0 Å². The molecule has 2 aromatic rings. The number of hydrogen-bond donors (Lipinski definition) is 0. The molecule has 2 rings (SSSR count). The van der Waals surface area contributed by atoms with Crippen LogP contribution in [0.3, 0.4) is 0 Å². The maximum Gasteiger partial charge on any atom is 0.0648 e. The van der Waals surface area contributed by atoms with Crippen molar-refractivity contribution in [1.29, 1.82) is 0 Å². The van der Waals surface area contributed by atoms with Gasteiger partial charge in [0.25, 0.3) is 0 Å². The quantitative estimate of drug-likeness (QED) is 0.747. The van der Waals surface area contributed by atoms with Gasteiger partial charge in [-0.05, 0) is 31.0 Å². The Hall–Kier alpha value is -1.57. The molecule has 86 valence electrons. The molecule has 0 unspecified atom stereocenters. The molecule has 1 aromatic carbocycles. The van der Waals surface area contributed by atoms with E-state index >= 15 is 0 Å². The molecule has 0 saturated carbocycles. The van der Waals surface area contributed by atoms with Gasteiger partial charge in [0.15, 0.2) is 0 Å². The molecular formula is C14H20N2. The molecular weight excluding hydrogens is 196 g/mol. The first-order valence-electron chi connectivity index (χ1n) is 5.92. The fourth-order valence-corrected chi connectivity index (χ4v) is 1.62. The molecule has 2 nitrogen and oxygen atoms in total. The van der Waals surface area contributed by atoms with Crippen molar-refractivity contribution in [3.8, 4) is 5.69 Å². The van der Waals surface area contributed by atoms with Gasteiger partial charge < -0.3 is 0 Å². The lowest BCUT2D eigenvalue weighted by molar-refractivity contribution is 0.844. The molecule has 0 bridgehead atoms. The van der Waals surface area contributed by atoms with Crippen molar-refractivity contribution < 1.29 is 0 Å². The SMILES string of the molecule is CC.CCc1cnn(-c2ccccc2)c1C. The zero-order chi connectivity index (χ0) is 12.0. The van der Waals surface area contributed by atoms with Crippen molar-refractivity contribution in [1.82, 2.24) is 9.78 Å². The summed E-state index contributed by atoms with van der Waals surface area (Å²) in [4.78, 5) is 0. The Bertz CT molecular complexity index is 416. The summed E-state index contributed by atoms with van der Waals surface area (Å²) >= 11 is 0. The number of rotatable bonds is 2. The summed E-state index contributed by atoms with van der Waals surface area (Å²) in [6.07, 6.45) is 2.99. The minimum Gasteiger partial charge on any atom is -0.238 e.